The van der Waals surface area contributed by atoms with E-state index in [4.69, 9.17) is 4.74 Å². The van der Waals surface area contributed by atoms with Gasteiger partial charge in [0.25, 0.3) is 5.91 Å². The largest absolute Gasteiger partial charge is 0.495 e. The van der Waals surface area contributed by atoms with E-state index < -0.39 is 0 Å². The fourth-order valence-electron chi connectivity index (χ4n) is 2.06. The van der Waals surface area contributed by atoms with Crippen LogP contribution in [0.5, 0.6) is 5.75 Å². The molecule has 1 amide bonds. The number of amides is 1. The predicted octanol–water partition coefficient (Wildman–Crippen LogP) is 2.71. The van der Waals surface area contributed by atoms with E-state index in [2.05, 4.69) is 15.3 Å². The van der Waals surface area contributed by atoms with Crippen molar-refractivity contribution in [3.63, 3.8) is 0 Å². The van der Waals surface area contributed by atoms with Crippen LogP contribution in [-0.2, 0) is 0 Å². The zero-order chi connectivity index (χ0) is 15.9. The SMILES string of the molecule is CCN(CC)C(=O)c1cnc(Nc2ccccc2OC)cn1. The first-order valence-corrected chi connectivity index (χ1v) is 7.21. The molecule has 116 valence electrons. The van der Waals surface area contributed by atoms with Crippen molar-refractivity contribution in [3.05, 3.63) is 42.4 Å². The number of nitrogens with one attached hydrogen (secondary N) is 1. The number of para-hydroxylation sites is 2. The molecule has 2 aromatic rings. The summed E-state index contributed by atoms with van der Waals surface area (Å²) >= 11 is 0. The minimum atomic E-state index is -0.110. The first kappa shape index (κ1) is 15.8. The second kappa shape index (κ2) is 7.40. The number of hydrogen-bond acceptors (Lipinski definition) is 5. The van der Waals surface area contributed by atoms with Crippen LogP contribution < -0.4 is 10.1 Å². The van der Waals surface area contributed by atoms with Crippen LogP contribution >= 0.6 is 0 Å². The number of methoxy groups -OCH3 is 1. The van der Waals surface area contributed by atoms with Gasteiger partial charge in [-0.15, -0.1) is 0 Å². The van der Waals surface area contributed by atoms with E-state index in [9.17, 15) is 4.79 Å². The van der Waals surface area contributed by atoms with Gasteiger partial charge in [-0.25, -0.2) is 9.97 Å². The summed E-state index contributed by atoms with van der Waals surface area (Å²) in [6.07, 6.45) is 3.03. The van der Waals surface area contributed by atoms with E-state index in [-0.39, 0.29) is 5.91 Å². The van der Waals surface area contributed by atoms with Crippen molar-refractivity contribution in [2.45, 2.75) is 13.8 Å². The molecule has 0 fully saturated rings. The van der Waals surface area contributed by atoms with Gasteiger partial charge in [-0.05, 0) is 26.0 Å². The zero-order valence-electron chi connectivity index (χ0n) is 13.0. The van der Waals surface area contributed by atoms with E-state index in [1.54, 1.807) is 18.2 Å². The maximum atomic E-state index is 12.2. The second-order valence-corrected chi connectivity index (χ2v) is 4.59. The van der Waals surface area contributed by atoms with Gasteiger partial charge in [-0.2, -0.15) is 0 Å². The highest BCUT2D eigenvalue weighted by Crippen LogP contribution is 2.25. The summed E-state index contributed by atoms with van der Waals surface area (Å²) in [5.41, 5.74) is 1.14. The van der Waals surface area contributed by atoms with Crippen molar-refractivity contribution in [2.75, 3.05) is 25.5 Å². The highest BCUT2D eigenvalue weighted by molar-refractivity contribution is 5.92. The Balaban J connectivity index is 2.14. The van der Waals surface area contributed by atoms with Gasteiger partial charge in [0.1, 0.15) is 17.3 Å². The summed E-state index contributed by atoms with van der Waals surface area (Å²) in [7, 11) is 1.61. The standard InChI is InChI=1S/C16H20N4O2/c1-4-20(5-2)16(21)13-10-18-15(11-17-13)19-12-8-6-7-9-14(12)22-3/h6-11H,4-5H2,1-3H3,(H,18,19). The number of anilines is 2. The van der Waals surface area contributed by atoms with Gasteiger partial charge in [-0.1, -0.05) is 12.1 Å². The number of carbonyl (C=O) groups is 1. The topological polar surface area (TPSA) is 67.4 Å². The second-order valence-electron chi connectivity index (χ2n) is 4.59. The fraction of sp³-hybridized carbons (Fsp3) is 0.312. The number of ether oxygens (including phenoxy) is 1. The van der Waals surface area contributed by atoms with E-state index in [0.717, 1.165) is 5.69 Å². The van der Waals surface area contributed by atoms with Crippen LogP contribution in [0.2, 0.25) is 0 Å². The lowest BCUT2D eigenvalue weighted by Gasteiger charge is -2.17. The van der Waals surface area contributed by atoms with Crippen LogP contribution in [0.1, 0.15) is 24.3 Å². The lowest BCUT2D eigenvalue weighted by atomic mass is 10.3. The monoisotopic (exact) mass is 300 g/mol. The van der Waals surface area contributed by atoms with Crippen molar-refractivity contribution in [2.24, 2.45) is 0 Å². The number of hydrogen-bond donors (Lipinski definition) is 1. The Morgan fingerprint density at radius 2 is 1.91 bits per heavy atom. The smallest absolute Gasteiger partial charge is 0.274 e. The molecule has 0 saturated heterocycles. The molecule has 1 N–H and O–H groups in total. The minimum absolute atomic E-state index is 0.110. The molecule has 0 aliphatic heterocycles. The molecule has 0 aliphatic carbocycles. The highest BCUT2D eigenvalue weighted by atomic mass is 16.5. The Kier molecular flexibility index (Phi) is 5.30. The van der Waals surface area contributed by atoms with Crippen LogP contribution in [0, 0.1) is 0 Å². The molecule has 0 aliphatic rings. The summed E-state index contributed by atoms with van der Waals surface area (Å²) in [4.78, 5) is 22.3. The fourth-order valence-corrected chi connectivity index (χ4v) is 2.06. The van der Waals surface area contributed by atoms with Gasteiger partial charge in [0.15, 0.2) is 0 Å². The summed E-state index contributed by atoms with van der Waals surface area (Å²) < 4.78 is 5.27. The molecule has 6 heteroatoms. The van der Waals surface area contributed by atoms with Crippen LogP contribution in [0.3, 0.4) is 0 Å². The molecule has 0 bridgehead atoms. The van der Waals surface area contributed by atoms with Crippen molar-refractivity contribution >= 4 is 17.4 Å². The molecule has 0 spiro atoms. The summed E-state index contributed by atoms with van der Waals surface area (Å²) in [5.74, 6) is 1.16. The first-order valence-electron chi connectivity index (χ1n) is 7.21. The van der Waals surface area contributed by atoms with Gasteiger partial charge in [0.2, 0.25) is 0 Å². The maximum Gasteiger partial charge on any atom is 0.274 e. The molecule has 2 rings (SSSR count). The average molecular weight is 300 g/mol. The van der Waals surface area contributed by atoms with Gasteiger partial charge in [0.05, 0.1) is 25.2 Å². The Morgan fingerprint density at radius 3 is 2.50 bits per heavy atom. The number of benzene rings is 1. The maximum absolute atomic E-state index is 12.2. The zero-order valence-corrected chi connectivity index (χ0v) is 13.0. The van der Waals surface area contributed by atoms with Gasteiger partial charge >= 0.3 is 0 Å². The molecular weight excluding hydrogens is 280 g/mol. The Labute approximate surface area is 130 Å². The van der Waals surface area contributed by atoms with E-state index in [0.29, 0.717) is 30.4 Å². The highest BCUT2D eigenvalue weighted by Gasteiger charge is 2.14. The molecule has 0 saturated carbocycles. The van der Waals surface area contributed by atoms with Crippen LogP contribution in [0.25, 0.3) is 0 Å². The minimum Gasteiger partial charge on any atom is -0.495 e. The van der Waals surface area contributed by atoms with E-state index in [1.807, 2.05) is 38.1 Å². The van der Waals surface area contributed by atoms with Crippen molar-refractivity contribution < 1.29 is 9.53 Å². The Hall–Kier alpha value is -2.63. The molecular formula is C16H20N4O2. The summed E-state index contributed by atoms with van der Waals surface area (Å²) in [6, 6.07) is 7.53. The van der Waals surface area contributed by atoms with Crippen LogP contribution in [0.15, 0.2) is 36.7 Å². The van der Waals surface area contributed by atoms with E-state index >= 15 is 0 Å². The average Bonchev–Trinajstić information content (AvgIpc) is 2.57. The van der Waals surface area contributed by atoms with Crippen LogP contribution in [-0.4, -0.2) is 41.0 Å². The number of aromatic nitrogens is 2. The molecule has 1 aromatic carbocycles. The normalized spacial score (nSPS) is 10.1. The molecule has 1 heterocycles. The molecule has 0 radical (unpaired) electrons. The summed E-state index contributed by atoms with van der Waals surface area (Å²) in [6.45, 7) is 5.18. The van der Waals surface area contributed by atoms with Gasteiger partial charge < -0.3 is 15.0 Å². The molecule has 6 nitrogen and oxygen atoms in total. The number of rotatable bonds is 6. The molecule has 22 heavy (non-hydrogen) atoms. The first-order chi connectivity index (χ1) is 10.7. The van der Waals surface area contributed by atoms with Gasteiger partial charge in [0, 0.05) is 13.1 Å². The Bertz CT molecular complexity index is 624. The van der Waals surface area contributed by atoms with Crippen molar-refractivity contribution in [1.82, 2.24) is 14.9 Å². The predicted molar refractivity (Wildman–Crippen MR) is 85.6 cm³/mol. The summed E-state index contributed by atoms with van der Waals surface area (Å²) in [5, 5.41) is 3.12. The third-order valence-electron chi connectivity index (χ3n) is 3.29. The molecule has 0 unspecified atom stereocenters. The van der Waals surface area contributed by atoms with Crippen molar-refractivity contribution in [3.8, 4) is 5.75 Å². The van der Waals surface area contributed by atoms with Crippen LogP contribution in [0.4, 0.5) is 11.5 Å². The number of carbonyl (C=O) groups excluding carboxylic acids is 1. The quantitative estimate of drug-likeness (QED) is 0.888. The van der Waals surface area contributed by atoms with Gasteiger partial charge in [-0.3, -0.25) is 4.79 Å². The molecule has 0 atom stereocenters. The van der Waals surface area contributed by atoms with E-state index in [1.165, 1.54) is 6.20 Å². The lowest BCUT2D eigenvalue weighted by molar-refractivity contribution is 0.0766. The lowest BCUT2D eigenvalue weighted by Crippen LogP contribution is -2.31. The molecule has 1 aromatic heterocycles. The Morgan fingerprint density at radius 1 is 1.18 bits per heavy atom. The van der Waals surface area contributed by atoms with Crippen molar-refractivity contribution in [1.29, 1.82) is 0 Å². The number of nitrogens with zero attached hydrogens (tertiary/aromatic N) is 3. The third kappa shape index (κ3) is 3.52. The third-order valence-corrected chi connectivity index (χ3v) is 3.29.